The van der Waals surface area contributed by atoms with E-state index in [0.717, 1.165) is 11.1 Å². The molecule has 1 atom stereocenters. The van der Waals surface area contributed by atoms with Gasteiger partial charge in [0.1, 0.15) is 12.7 Å². The fraction of sp³-hybridized carbons (Fsp3) is 0.318. The highest BCUT2D eigenvalue weighted by molar-refractivity contribution is 5.90. The average Bonchev–Trinajstić information content (AvgIpc) is 3.01. The third-order valence-electron chi connectivity index (χ3n) is 4.58. The maximum absolute atomic E-state index is 12.1. The molecule has 2 aromatic carbocycles. The van der Waals surface area contributed by atoms with Crippen molar-refractivity contribution in [3.63, 3.8) is 0 Å². The molecule has 8 heteroatoms. The van der Waals surface area contributed by atoms with Gasteiger partial charge in [0.2, 0.25) is 11.3 Å². The fourth-order valence-corrected chi connectivity index (χ4v) is 3.03. The molecule has 1 saturated heterocycles. The third-order valence-corrected chi connectivity index (χ3v) is 4.58. The topological polar surface area (TPSA) is 94.2 Å². The number of anilines is 1. The number of nitrogens with one attached hydrogen (secondary N) is 1. The van der Waals surface area contributed by atoms with Gasteiger partial charge in [-0.3, -0.25) is 14.5 Å². The van der Waals surface area contributed by atoms with Crippen molar-refractivity contribution < 1.29 is 23.8 Å². The smallest absolute Gasteiger partial charge is 0.414 e. The number of benzene rings is 1. The molecule has 0 aliphatic carbocycles. The molecule has 30 heavy (non-hydrogen) atoms. The minimum Gasteiger partial charge on any atom is -0.487 e. The zero-order valence-electron chi connectivity index (χ0n) is 16.9. The monoisotopic (exact) mass is 412 g/mol. The third kappa shape index (κ3) is 5.36. The van der Waals surface area contributed by atoms with E-state index >= 15 is 0 Å². The maximum Gasteiger partial charge on any atom is 0.414 e. The van der Waals surface area contributed by atoms with E-state index in [9.17, 15) is 14.4 Å². The van der Waals surface area contributed by atoms with Gasteiger partial charge in [-0.2, -0.15) is 0 Å². The van der Waals surface area contributed by atoms with Crippen molar-refractivity contribution in [2.75, 3.05) is 38.3 Å². The van der Waals surface area contributed by atoms with Gasteiger partial charge in [0, 0.05) is 19.7 Å². The Hall–Kier alpha value is -3.39. The van der Waals surface area contributed by atoms with Gasteiger partial charge in [0.25, 0.3) is 0 Å². The van der Waals surface area contributed by atoms with E-state index in [-0.39, 0.29) is 29.7 Å². The zero-order valence-corrected chi connectivity index (χ0v) is 16.9. The Bertz CT molecular complexity index is 960. The summed E-state index contributed by atoms with van der Waals surface area (Å²) in [6, 6.07) is 14.0. The highest BCUT2D eigenvalue weighted by Crippen LogP contribution is 2.26. The number of hydrogen-bond donors (Lipinski definition) is 1. The van der Waals surface area contributed by atoms with Crippen LogP contribution in [0.3, 0.4) is 0 Å². The Morgan fingerprint density at radius 2 is 1.73 bits per heavy atom. The summed E-state index contributed by atoms with van der Waals surface area (Å²) in [5.74, 6) is 0.0957. The molecular formula is C22H24N2O6. The largest absolute Gasteiger partial charge is 0.487 e. The molecule has 1 heterocycles. The van der Waals surface area contributed by atoms with Crippen LogP contribution in [0, 0.1) is 0 Å². The number of rotatable bonds is 8. The minimum atomic E-state index is -0.446. The van der Waals surface area contributed by atoms with Crippen LogP contribution in [0.2, 0.25) is 0 Å². The highest BCUT2D eigenvalue weighted by atomic mass is 16.6. The summed E-state index contributed by atoms with van der Waals surface area (Å²) < 4.78 is 15.7. The first-order chi connectivity index (χ1) is 14.5. The van der Waals surface area contributed by atoms with Crippen molar-refractivity contribution in [3.8, 4) is 16.9 Å². The number of hydrogen-bond acceptors (Lipinski definition) is 6. The molecule has 1 fully saturated rings. The van der Waals surface area contributed by atoms with Crippen LogP contribution in [0.15, 0.2) is 53.3 Å². The molecule has 8 nitrogen and oxygen atoms in total. The first-order valence-corrected chi connectivity index (χ1v) is 9.57. The molecule has 1 aliphatic rings. The fourth-order valence-electron chi connectivity index (χ4n) is 3.03. The van der Waals surface area contributed by atoms with Crippen LogP contribution in [0.1, 0.15) is 6.92 Å². The second-order valence-electron chi connectivity index (χ2n) is 6.79. The van der Waals surface area contributed by atoms with Crippen molar-refractivity contribution in [1.29, 1.82) is 0 Å². The van der Waals surface area contributed by atoms with Crippen molar-refractivity contribution in [1.82, 2.24) is 5.32 Å². The molecule has 1 unspecified atom stereocenters. The molecule has 2 amide bonds. The first kappa shape index (κ1) is 21.3. The number of carbonyl (C=O) groups is 2. The molecule has 3 rings (SSSR count). The van der Waals surface area contributed by atoms with Gasteiger partial charge in [-0.25, -0.2) is 4.79 Å². The molecule has 1 aliphatic heterocycles. The van der Waals surface area contributed by atoms with Crippen molar-refractivity contribution in [2.45, 2.75) is 13.0 Å². The predicted molar refractivity (Wildman–Crippen MR) is 112 cm³/mol. The Morgan fingerprint density at radius 1 is 1.07 bits per heavy atom. The van der Waals surface area contributed by atoms with Crippen LogP contribution >= 0.6 is 0 Å². The molecule has 0 spiro atoms. The van der Waals surface area contributed by atoms with Crippen LogP contribution in [-0.2, 0) is 14.3 Å². The number of amides is 2. The molecule has 0 saturated carbocycles. The lowest BCUT2D eigenvalue weighted by Crippen LogP contribution is -2.33. The number of nitrogens with zero attached hydrogens (tertiary/aromatic N) is 1. The van der Waals surface area contributed by atoms with Crippen LogP contribution in [-0.4, -0.2) is 51.5 Å². The van der Waals surface area contributed by atoms with Gasteiger partial charge in [-0.05, 0) is 35.4 Å². The number of ether oxygens (including phenoxy) is 3. The van der Waals surface area contributed by atoms with Crippen molar-refractivity contribution in [2.24, 2.45) is 0 Å². The van der Waals surface area contributed by atoms with E-state index in [4.69, 9.17) is 14.2 Å². The van der Waals surface area contributed by atoms with Gasteiger partial charge < -0.3 is 19.5 Å². The van der Waals surface area contributed by atoms with Crippen molar-refractivity contribution >= 4 is 17.7 Å². The Morgan fingerprint density at radius 3 is 2.40 bits per heavy atom. The summed E-state index contributed by atoms with van der Waals surface area (Å²) in [4.78, 5) is 36.8. The van der Waals surface area contributed by atoms with Crippen LogP contribution in [0.4, 0.5) is 10.5 Å². The lowest BCUT2D eigenvalue weighted by Gasteiger charge is -2.13. The number of methoxy groups -OCH3 is 1. The minimum absolute atomic E-state index is 0.168. The second-order valence-corrected chi connectivity index (χ2v) is 6.79. The SMILES string of the molecule is COCCOc1ccc(-c2ccc(N3CC(CNC(C)=O)OC3=O)cc2)ccc1=O. The standard InChI is InChI=1S/C22H24N2O6/c1-15(25)23-13-19-14-24(22(27)30-19)18-7-3-16(4-8-18)17-5-9-20(26)21(10-6-17)29-12-11-28-2/h3-10,19H,11-14H2,1-2H3,(H,23,25). The number of carbonyl (C=O) groups excluding carboxylic acids is 2. The van der Waals surface area contributed by atoms with Gasteiger partial charge in [0.05, 0.1) is 19.7 Å². The first-order valence-electron chi connectivity index (χ1n) is 9.57. The maximum atomic E-state index is 12.1. The van der Waals surface area contributed by atoms with Crippen LogP contribution in [0.25, 0.3) is 11.1 Å². The molecule has 0 radical (unpaired) electrons. The normalized spacial score (nSPS) is 15.6. The van der Waals surface area contributed by atoms with E-state index in [1.165, 1.54) is 17.9 Å². The summed E-state index contributed by atoms with van der Waals surface area (Å²) >= 11 is 0. The van der Waals surface area contributed by atoms with Crippen LogP contribution in [0.5, 0.6) is 5.75 Å². The van der Waals surface area contributed by atoms with Crippen molar-refractivity contribution in [3.05, 3.63) is 58.8 Å². The zero-order chi connectivity index (χ0) is 21.5. The Labute approximate surface area is 174 Å². The van der Waals surface area contributed by atoms with E-state index in [1.807, 2.05) is 30.3 Å². The van der Waals surface area contributed by atoms with Gasteiger partial charge >= 0.3 is 6.09 Å². The Kier molecular flexibility index (Phi) is 7.03. The van der Waals surface area contributed by atoms with Gasteiger partial charge in [-0.1, -0.05) is 24.3 Å². The summed E-state index contributed by atoms with van der Waals surface area (Å²) in [7, 11) is 1.57. The van der Waals surface area contributed by atoms with E-state index in [2.05, 4.69) is 5.32 Å². The summed E-state index contributed by atoms with van der Waals surface area (Å²) in [5, 5.41) is 2.65. The van der Waals surface area contributed by atoms with Gasteiger partial charge in [-0.15, -0.1) is 0 Å². The second kappa shape index (κ2) is 9.89. The lowest BCUT2D eigenvalue weighted by molar-refractivity contribution is -0.119. The highest BCUT2D eigenvalue weighted by Gasteiger charge is 2.32. The van der Waals surface area contributed by atoms with E-state index < -0.39 is 6.09 Å². The van der Waals surface area contributed by atoms with Crippen LogP contribution < -0.4 is 20.4 Å². The van der Waals surface area contributed by atoms with E-state index in [1.54, 1.807) is 19.2 Å². The van der Waals surface area contributed by atoms with E-state index in [0.29, 0.717) is 25.4 Å². The lowest BCUT2D eigenvalue weighted by atomic mass is 10.1. The number of cyclic esters (lactones) is 1. The molecule has 158 valence electrons. The summed E-state index contributed by atoms with van der Waals surface area (Å²) in [6.07, 6.45) is -0.834. The predicted octanol–water partition coefficient (Wildman–Crippen LogP) is 2.20. The molecule has 2 aromatic rings. The Balaban J connectivity index is 1.71. The molecule has 1 N–H and O–H groups in total. The quantitative estimate of drug-likeness (QED) is 0.668. The van der Waals surface area contributed by atoms with Gasteiger partial charge in [0.15, 0.2) is 5.75 Å². The summed E-state index contributed by atoms with van der Waals surface area (Å²) in [5.41, 5.74) is 2.22. The molecular weight excluding hydrogens is 388 g/mol. The summed E-state index contributed by atoms with van der Waals surface area (Å²) in [6.45, 7) is 2.76. The average molecular weight is 412 g/mol. The molecule has 0 aromatic heterocycles. The molecule has 0 bridgehead atoms.